The molecule has 0 unspecified atom stereocenters. The maximum Gasteiger partial charge on any atom is 0.446 e. The van der Waals surface area contributed by atoms with Gasteiger partial charge in [0.15, 0.2) is 17.3 Å². The molecule has 0 spiro atoms. The second-order valence-electron chi connectivity index (χ2n) is 5.48. The third-order valence-electron chi connectivity index (χ3n) is 3.82. The molecule has 3 aromatic rings. The zero-order chi connectivity index (χ0) is 20.6. The minimum Gasteiger partial charge on any atom is -0.504 e. The monoisotopic (exact) mass is 410 g/mol. The molecule has 0 fully saturated rings. The summed E-state index contributed by atoms with van der Waals surface area (Å²) in [6, 6.07) is 7.09. The van der Waals surface area contributed by atoms with Gasteiger partial charge in [-0.3, -0.25) is 9.35 Å². The summed E-state index contributed by atoms with van der Waals surface area (Å²) in [5, 5.41) is 19.5. The molecular formula is C17H14O10S. The fourth-order valence-electron chi connectivity index (χ4n) is 2.55. The second-order valence-corrected chi connectivity index (χ2v) is 6.50. The Morgan fingerprint density at radius 2 is 1.64 bits per heavy atom. The van der Waals surface area contributed by atoms with Crippen LogP contribution < -0.4 is 19.1 Å². The van der Waals surface area contributed by atoms with Gasteiger partial charge in [0, 0.05) is 11.6 Å². The highest BCUT2D eigenvalue weighted by atomic mass is 32.3. The van der Waals surface area contributed by atoms with Crippen LogP contribution in [-0.2, 0) is 10.4 Å². The van der Waals surface area contributed by atoms with Crippen LogP contribution in [0.4, 0.5) is 0 Å². The Morgan fingerprint density at radius 1 is 1.00 bits per heavy atom. The summed E-state index contributed by atoms with van der Waals surface area (Å²) in [6.45, 7) is 0. The first-order chi connectivity index (χ1) is 13.2. The van der Waals surface area contributed by atoms with Gasteiger partial charge < -0.3 is 28.3 Å². The van der Waals surface area contributed by atoms with Crippen molar-refractivity contribution in [2.75, 3.05) is 14.2 Å². The lowest BCUT2D eigenvalue weighted by Gasteiger charge is -2.12. The van der Waals surface area contributed by atoms with Gasteiger partial charge in [-0.2, -0.15) is 8.42 Å². The Balaban J connectivity index is 2.41. The van der Waals surface area contributed by atoms with Gasteiger partial charge in [0.2, 0.25) is 16.9 Å². The van der Waals surface area contributed by atoms with Crippen LogP contribution in [0.15, 0.2) is 39.5 Å². The fourth-order valence-corrected chi connectivity index (χ4v) is 2.92. The molecule has 0 aliphatic carbocycles. The number of benzene rings is 2. The molecule has 10 nitrogen and oxygen atoms in total. The number of hydrogen-bond acceptors (Lipinski definition) is 9. The van der Waals surface area contributed by atoms with E-state index in [0.717, 1.165) is 6.07 Å². The SMILES string of the molecule is COc1ccc(-c2oc3cc(OC)c(O)c(O)c3c(=O)c2OS(=O)(=O)O)cc1. The highest BCUT2D eigenvalue weighted by Crippen LogP contribution is 2.43. The fraction of sp³-hybridized carbons (Fsp3) is 0.118. The quantitative estimate of drug-likeness (QED) is 0.421. The Hall–Kier alpha value is -3.44. The summed E-state index contributed by atoms with van der Waals surface area (Å²) in [5.41, 5.74) is -1.14. The highest BCUT2D eigenvalue weighted by molar-refractivity contribution is 7.81. The van der Waals surface area contributed by atoms with Crippen LogP contribution in [0.25, 0.3) is 22.3 Å². The van der Waals surface area contributed by atoms with Crippen LogP contribution in [0.2, 0.25) is 0 Å². The molecule has 0 radical (unpaired) electrons. The predicted octanol–water partition coefficient (Wildman–Crippen LogP) is 2.07. The van der Waals surface area contributed by atoms with E-state index < -0.39 is 38.5 Å². The van der Waals surface area contributed by atoms with E-state index in [1.165, 1.54) is 38.5 Å². The molecular weight excluding hydrogens is 396 g/mol. The summed E-state index contributed by atoms with van der Waals surface area (Å²) < 4.78 is 51.4. The normalized spacial score (nSPS) is 11.4. The number of aromatic hydroxyl groups is 2. The topological polar surface area (TPSA) is 153 Å². The van der Waals surface area contributed by atoms with Crippen LogP contribution in [0, 0.1) is 0 Å². The van der Waals surface area contributed by atoms with Gasteiger partial charge in [-0.05, 0) is 24.3 Å². The van der Waals surface area contributed by atoms with Crippen molar-refractivity contribution in [2.45, 2.75) is 0 Å². The van der Waals surface area contributed by atoms with Crippen molar-refractivity contribution in [3.63, 3.8) is 0 Å². The lowest BCUT2D eigenvalue weighted by molar-refractivity contribution is 0.352. The summed E-state index contributed by atoms with van der Waals surface area (Å²) in [5.74, 6) is -2.60. The second kappa shape index (κ2) is 6.94. The standard InChI is InChI=1S/C17H14O10S/c1-24-9-5-3-8(4-6-9)16-17(27-28(21,22)23)15(20)12-10(26-16)7-11(25-2)13(18)14(12)19/h3-7,18-19H,1-2H3,(H,21,22,23). The van der Waals surface area contributed by atoms with Crippen LogP contribution >= 0.6 is 0 Å². The molecule has 0 amide bonds. The van der Waals surface area contributed by atoms with E-state index in [1.807, 2.05) is 0 Å². The van der Waals surface area contributed by atoms with Crippen molar-refractivity contribution in [2.24, 2.45) is 0 Å². The first kappa shape index (κ1) is 19.3. The average Bonchev–Trinajstić information content (AvgIpc) is 2.65. The number of rotatable bonds is 5. The number of phenols is 2. The minimum absolute atomic E-state index is 0.183. The summed E-state index contributed by atoms with van der Waals surface area (Å²) >= 11 is 0. The average molecular weight is 410 g/mol. The number of hydrogen-bond donors (Lipinski definition) is 3. The third kappa shape index (κ3) is 3.40. The molecule has 3 rings (SSSR count). The van der Waals surface area contributed by atoms with Crippen molar-refractivity contribution in [1.82, 2.24) is 0 Å². The van der Waals surface area contributed by atoms with Crippen LogP contribution in [-0.4, -0.2) is 37.4 Å². The molecule has 0 saturated carbocycles. The lowest BCUT2D eigenvalue weighted by Crippen LogP contribution is -2.15. The van der Waals surface area contributed by atoms with Crippen LogP contribution in [0.1, 0.15) is 0 Å². The molecule has 3 N–H and O–H groups in total. The Labute approximate surface area is 158 Å². The van der Waals surface area contributed by atoms with Crippen LogP contribution in [0.3, 0.4) is 0 Å². The minimum atomic E-state index is -5.10. The molecule has 0 saturated heterocycles. The van der Waals surface area contributed by atoms with Gasteiger partial charge in [0.25, 0.3) is 0 Å². The van der Waals surface area contributed by atoms with E-state index >= 15 is 0 Å². The van der Waals surface area contributed by atoms with E-state index in [4.69, 9.17) is 18.4 Å². The van der Waals surface area contributed by atoms with Crippen molar-refractivity contribution >= 4 is 21.4 Å². The zero-order valence-electron chi connectivity index (χ0n) is 14.5. The third-order valence-corrected chi connectivity index (χ3v) is 4.19. The molecule has 28 heavy (non-hydrogen) atoms. The van der Waals surface area contributed by atoms with E-state index in [2.05, 4.69) is 4.18 Å². The van der Waals surface area contributed by atoms with Gasteiger partial charge >= 0.3 is 10.4 Å². The van der Waals surface area contributed by atoms with Gasteiger partial charge in [0.05, 0.1) is 14.2 Å². The van der Waals surface area contributed by atoms with E-state index in [-0.39, 0.29) is 22.7 Å². The number of fused-ring (bicyclic) bond motifs is 1. The first-order valence-corrected chi connectivity index (χ1v) is 8.93. The van der Waals surface area contributed by atoms with Gasteiger partial charge in [-0.1, -0.05) is 0 Å². The van der Waals surface area contributed by atoms with E-state index in [1.54, 1.807) is 0 Å². The number of phenolic OH excluding ortho intramolecular Hbond substituents is 2. The van der Waals surface area contributed by atoms with E-state index in [9.17, 15) is 23.4 Å². The maximum absolute atomic E-state index is 12.8. The molecule has 0 atom stereocenters. The van der Waals surface area contributed by atoms with Gasteiger partial charge in [-0.25, -0.2) is 0 Å². The Bertz CT molecular complexity index is 1210. The molecule has 148 valence electrons. The zero-order valence-corrected chi connectivity index (χ0v) is 15.3. The molecule has 0 bridgehead atoms. The highest BCUT2D eigenvalue weighted by Gasteiger charge is 2.26. The van der Waals surface area contributed by atoms with E-state index in [0.29, 0.717) is 5.75 Å². The molecule has 2 aromatic carbocycles. The smallest absolute Gasteiger partial charge is 0.446 e. The summed E-state index contributed by atoms with van der Waals surface area (Å²) in [7, 11) is -2.44. The predicted molar refractivity (Wildman–Crippen MR) is 96.5 cm³/mol. The van der Waals surface area contributed by atoms with Crippen molar-refractivity contribution < 1.29 is 41.3 Å². The molecule has 11 heteroatoms. The van der Waals surface area contributed by atoms with Crippen molar-refractivity contribution in [3.8, 4) is 40.1 Å². The molecule has 0 aliphatic rings. The number of methoxy groups -OCH3 is 2. The molecule has 1 heterocycles. The largest absolute Gasteiger partial charge is 0.504 e. The first-order valence-electron chi connectivity index (χ1n) is 7.57. The van der Waals surface area contributed by atoms with Crippen LogP contribution in [0.5, 0.6) is 28.7 Å². The van der Waals surface area contributed by atoms with Gasteiger partial charge in [-0.15, -0.1) is 0 Å². The molecule has 0 aliphatic heterocycles. The number of ether oxygens (including phenoxy) is 2. The lowest BCUT2D eigenvalue weighted by atomic mass is 10.1. The van der Waals surface area contributed by atoms with Gasteiger partial charge in [0.1, 0.15) is 16.7 Å². The summed E-state index contributed by atoms with van der Waals surface area (Å²) in [4.78, 5) is 12.8. The Kier molecular flexibility index (Phi) is 4.79. The van der Waals surface area contributed by atoms with Crippen molar-refractivity contribution in [1.29, 1.82) is 0 Å². The summed E-state index contributed by atoms with van der Waals surface area (Å²) in [6.07, 6.45) is 0. The Morgan fingerprint density at radius 3 is 2.18 bits per heavy atom. The van der Waals surface area contributed by atoms with Crippen molar-refractivity contribution in [3.05, 3.63) is 40.6 Å². The molecule has 1 aromatic heterocycles. The maximum atomic E-state index is 12.8.